The fraction of sp³-hybridized carbons (Fsp3) is 1.00. The van der Waals surface area contributed by atoms with Gasteiger partial charge in [-0.05, 0) is 19.1 Å². The van der Waals surface area contributed by atoms with E-state index in [1.165, 1.54) is 11.8 Å². The number of nitrogens with two attached hydrogens (primary N) is 1. The van der Waals surface area contributed by atoms with E-state index in [1.807, 2.05) is 6.92 Å². The fourth-order valence-corrected chi connectivity index (χ4v) is 5.23. The molecular formula is C8H17NO3S2. The van der Waals surface area contributed by atoms with Crippen LogP contribution >= 0.6 is 11.8 Å². The minimum absolute atomic E-state index is 0.0805. The van der Waals surface area contributed by atoms with Crippen molar-refractivity contribution in [3.8, 4) is 0 Å². The lowest BCUT2D eigenvalue weighted by Crippen LogP contribution is -2.22. The van der Waals surface area contributed by atoms with Gasteiger partial charge < -0.3 is 10.8 Å². The molecule has 0 radical (unpaired) electrons. The van der Waals surface area contributed by atoms with E-state index in [0.717, 1.165) is 12.2 Å². The zero-order chi connectivity index (χ0) is 10.8. The van der Waals surface area contributed by atoms with Crippen LogP contribution in [0.15, 0.2) is 0 Å². The first-order chi connectivity index (χ1) is 6.41. The summed E-state index contributed by atoms with van der Waals surface area (Å²) >= 11 is 1.51. The Morgan fingerprint density at radius 2 is 2.21 bits per heavy atom. The molecule has 0 bridgehead atoms. The van der Waals surface area contributed by atoms with Crippen LogP contribution in [0, 0.1) is 0 Å². The Morgan fingerprint density at radius 3 is 2.64 bits per heavy atom. The van der Waals surface area contributed by atoms with Gasteiger partial charge in [0.05, 0.1) is 17.6 Å². The molecule has 0 amide bonds. The van der Waals surface area contributed by atoms with E-state index in [1.54, 1.807) is 0 Å². The van der Waals surface area contributed by atoms with Gasteiger partial charge in [-0.3, -0.25) is 0 Å². The van der Waals surface area contributed by atoms with Gasteiger partial charge in [0.2, 0.25) is 0 Å². The second kappa shape index (κ2) is 4.83. The fourth-order valence-electron chi connectivity index (χ4n) is 1.36. The summed E-state index contributed by atoms with van der Waals surface area (Å²) in [6, 6.07) is 0.137. The molecule has 1 aliphatic rings. The van der Waals surface area contributed by atoms with Gasteiger partial charge in [0, 0.05) is 11.3 Å². The SMILES string of the molecule is CC(N)CCSC1CS(=O)(=O)CC1O. The molecule has 0 aromatic rings. The van der Waals surface area contributed by atoms with E-state index >= 15 is 0 Å². The zero-order valence-electron chi connectivity index (χ0n) is 8.22. The largest absolute Gasteiger partial charge is 0.391 e. The second-order valence-electron chi connectivity index (χ2n) is 3.82. The van der Waals surface area contributed by atoms with Crippen molar-refractivity contribution >= 4 is 21.6 Å². The summed E-state index contributed by atoms with van der Waals surface area (Å²) in [5, 5.41) is 9.30. The summed E-state index contributed by atoms with van der Waals surface area (Å²) in [4.78, 5) is 0. The van der Waals surface area contributed by atoms with Gasteiger partial charge in [-0.15, -0.1) is 0 Å². The first-order valence-corrected chi connectivity index (χ1v) is 7.53. The molecule has 6 heteroatoms. The molecule has 0 aliphatic carbocycles. The zero-order valence-corrected chi connectivity index (χ0v) is 9.85. The van der Waals surface area contributed by atoms with E-state index in [2.05, 4.69) is 0 Å². The van der Waals surface area contributed by atoms with Gasteiger partial charge >= 0.3 is 0 Å². The molecule has 1 heterocycles. The Bertz CT molecular complexity index is 276. The minimum Gasteiger partial charge on any atom is -0.391 e. The van der Waals surface area contributed by atoms with E-state index < -0.39 is 15.9 Å². The first kappa shape index (κ1) is 12.3. The van der Waals surface area contributed by atoms with Gasteiger partial charge in [0.15, 0.2) is 9.84 Å². The van der Waals surface area contributed by atoms with E-state index in [4.69, 9.17) is 5.73 Å². The van der Waals surface area contributed by atoms with Crippen molar-refractivity contribution in [1.82, 2.24) is 0 Å². The molecule has 3 N–H and O–H groups in total. The summed E-state index contributed by atoms with van der Waals surface area (Å²) < 4.78 is 22.3. The lowest BCUT2D eigenvalue weighted by molar-refractivity contribution is 0.207. The van der Waals surface area contributed by atoms with Gasteiger partial charge in [0.25, 0.3) is 0 Å². The standard InChI is InChI=1S/C8H17NO3S2/c1-6(9)2-3-13-8-5-14(11,12)4-7(8)10/h6-8,10H,2-5,9H2,1H3. The first-order valence-electron chi connectivity index (χ1n) is 4.66. The maximum absolute atomic E-state index is 11.2. The number of hydrogen-bond acceptors (Lipinski definition) is 5. The Kier molecular flexibility index (Phi) is 4.24. The predicted molar refractivity (Wildman–Crippen MR) is 59.2 cm³/mol. The number of hydrogen-bond donors (Lipinski definition) is 2. The van der Waals surface area contributed by atoms with Crippen LogP contribution in [-0.4, -0.2) is 48.2 Å². The molecule has 3 atom stereocenters. The average Bonchev–Trinajstić information content (AvgIpc) is 2.24. The number of rotatable bonds is 4. The topological polar surface area (TPSA) is 80.4 Å². The lowest BCUT2D eigenvalue weighted by atomic mass is 10.3. The Morgan fingerprint density at radius 1 is 1.57 bits per heavy atom. The Labute approximate surface area is 89.2 Å². The van der Waals surface area contributed by atoms with Crippen molar-refractivity contribution in [1.29, 1.82) is 0 Å². The minimum atomic E-state index is -3.00. The molecule has 14 heavy (non-hydrogen) atoms. The number of sulfone groups is 1. The monoisotopic (exact) mass is 239 g/mol. The lowest BCUT2D eigenvalue weighted by Gasteiger charge is -2.12. The summed E-state index contributed by atoms with van der Waals surface area (Å²) in [6.45, 7) is 1.92. The number of aliphatic hydroxyl groups is 1. The van der Waals surface area contributed by atoms with Crippen LogP contribution in [-0.2, 0) is 9.84 Å². The van der Waals surface area contributed by atoms with Gasteiger partial charge in [0.1, 0.15) is 0 Å². The third-order valence-electron chi connectivity index (χ3n) is 2.18. The molecule has 4 nitrogen and oxygen atoms in total. The van der Waals surface area contributed by atoms with E-state index in [9.17, 15) is 13.5 Å². The Hall–Kier alpha value is 0.220. The summed E-state index contributed by atoms with van der Waals surface area (Å²) in [5.74, 6) is 0.843. The van der Waals surface area contributed by atoms with Crippen LogP contribution < -0.4 is 5.73 Å². The van der Waals surface area contributed by atoms with Crippen molar-refractivity contribution in [2.75, 3.05) is 17.3 Å². The molecule has 0 aromatic heterocycles. The highest BCUT2D eigenvalue weighted by Crippen LogP contribution is 2.25. The smallest absolute Gasteiger partial charge is 0.154 e. The van der Waals surface area contributed by atoms with Crippen molar-refractivity contribution in [3.63, 3.8) is 0 Å². The van der Waals surface area contributed by atoms with Crippen molar-refractivity contribution in [2.24, 2.45) is 5.73 Å². The van der Waals surface area contributed by atoms with E-state index in [0.29, 0.717) is 0 Å². The average molecular weight is 239 g/mol. The molecule has 3 unspecified atom stereocenters. The molecule has 84 valence electrons. The Balaban J connectivity index is 2.33. The number of thioether (sulfide) groups is 1. The van der Waals surface area contributed by atoms with Gasteiger partial charge in [-0.1, -0.05) is 0 Å². The maximum Gasteiger partial charge on any atom is 0.154 e. The van der Waals surface area contributed by atoms with Crippen LogP contribution in [0.5, 0.6) is 0 Å². The highest BCUT2D eigenvalue weighted by molar-refractivity contribution is 8.01. The van der Waals surface area contributed by atoms with Crippen molar-refractivity contribution < 1.29 is 13.5 Å². The van der Waals surface area contributed by atoms with Crippen LogP contribution in [0.1, 0.15) is 13.3 Å². The molecule has 1 aliphatic heterocycles. The third-order valence-corrected chi connectivity index (χ3v) is 5.48. The quantitative estimate of drug-likeness (QED) is 0.699. The van der Waals surface area contributed by atoms with Crippen LogP contribution in [0.2, 0.25) is 0 Å². The second-order valence-corrected chi connectivity index (χ2v) is 7.32. The van der Waals surface area contributed by atoms with E-state index in [-0.39, 0.29) is 22.8 Å². The maximum atomic E-state index is 11.2. The summed E-state index contributed by atoms with van der Waals surface area (Å²) in [6.07, 6.45) is 0.159. The molecule has 0 spiro atoms. The summed E-state index contributed by atoms with van der Waals surface area (Å²) in [7, 11) is -3.00. The van der Waals surface area contributed by atoms with Gasteiger partial charge in [-0.2, -0.15) is 11.8 Å². The van der Waals surface area contributed by atoms with Crippen LogP contribution in [0.25, 0.3) is 0 Å². The number of aliphatic hydroxyl groups excluding tert-OH is 1. The molecule has 1 fully saturated rings. The third kappa shape index (κ3) is 3.76. The molecule has 0 saturated carbocycles. The summed E-state index contributed by atoms with van der Waals surface area (Å²) in [5.41, 5.74) is 5.57. The molecule has 1 rings (SSSR count). The van der Waals surface area contributed by atoms with Crippen LogP contribution in [0.3, 0.4) is 0 Å². The van der Waals surface area contributed by atoms with Crippen molar-refractivity contribution in [2.45, 2.75) is 30.7 Å². The highest BCUT2D eigenvalue weighted by atomic mass is 32.2. The van der Waals surface area contributed by atoms with Gasteiger partial charge in [-0.25, -0.2) is 8.42 Å². The molecular weight excluding hydrogens is 222 g/mol. The van der Waals surface area contributed by atoms with Crippen molar-refractivity contribution in [3.05, 3.63) is 0 Å². The van der Waals surface area contributed by atoms with Crippen LogP contribution in [0.4, 0.5) is 0 Å². The molecule has 1 saturated heterocycles. The molecule has 0 aromatic carbocycles. The highest BCUT2D eigenvalue weighted by Gasteiger charge is 2.36. The normalized spacial score (nSPS) is 33.1. The predicted octanol–water partition coefficient (Wildman–Crippen LogP) is -0.385.